The van der Waals surface area contributed by atoms with Gasteiger partial charge in [0.25, 0.3) is 0 Å². The first kappa shape index (κ1) is 10.8. The van der Waals surface area contributed by atoms with Crippen LogP contribution >= 0.6 is 0 Å². The van der Waals surface area contributed by atoms with Crippen LogP contribution in [-0.2, 0) is 13.0 Å². The first-order valence-corrected chi connectivity index (χ1v) is 5.20. The van der Waals surface area contributed by atoms with Gasteiger partial charge in [0.1, 0.15) is 5.82 Å². The van der Waals surface area contributed by atoms with Crippen LogP contribution in [0, 0.1) is 13.8 Å². The smallest absolute Gasteiger partial charge is 0.319 e. The predicted octanol–water partition coefficient (Wildman–Crippen LogP) is 0.0348. The van der Waals surface area contributed by atoms with Gasteiger partial charge >= 0.3 is 6.03 Å². The van der Waals surface area contributed by atoms with Crippen molar-refractivity contribution in [2.24, 2.45) is 5.84 Å². The van der Waals surface area contributed by atoms with Crippen LogP contribution in [0.2, 0.25) is 0 Å². The molecule has 6 nitrogen and oxygen atoms in total. The molecule has 2 amide bonds. The minimum Gasteiger partial charge on any atom is -0.319 e. The molecular formula is C10H15N5O. The fraction of sp³-hybridized carbons (Fsp3) is 0.500. The van der Waals surface area contributed by atoms with Crippen LogP contribution in [0.25, 0.3) is 0 Å². The highest BCUT2D eigenvalue weighted by Gasteiger charge is 2.23. The third kappa shape index (κ3) is 1.83. The number of urea groups is 1. The lowest BCUT2D eigenvalue weighted by atomic mass is 10.0. The summed E-state index contributed by atoms with van der Waals surface area (Å²) in [5.41, 5.74) is 5.17. The van der Waals surface area contributed by atoms with Crippen molar-refractivity contribution in [2.75, 3.05) is 6.54 Å². The van der Waals surface area contributed by atoms with Gasteiger partial charge in [-0.15, -0.1) is 0 Å². The van der Waals surface area contributed by atoms with Crippen molar-refractivity contribution in [1.82, 2.24) is 20.3 Å². The van der Waals surface area contributed by atoms with E-state index in [9.17, 15) is 4.79 Å². The number of nitrogens with zero attached hydrogens (tertiary/aromatic N) is 3. The molecule has 16 heavy (non-hydrogen) atoms. The number of amides is 2. The van der Waals surface area contributed by atoms with E-state index in [0.29, 0.717) is 13.1 Å². The summed E-state index contributed by atoms with van der Waals surface area (Å²) in [5.74, 6) is 5.90. The summed E-state index contributed by atoms with van der Waals surface area (Å²) < 4.78 is 0. The van der Waals surface area contributed by atoms with E-state index in [1.807, 2.05) is 13.8 Å². The van der Waals surface area contributed by atoms with E-state index in [4.69, 9.17) is 5.84 Å². The lowest BCUT2D eigenvalue weighted by Crippen LogP contribution is -2.46. The second-order valence-corrected chi connectivity index (χ2v) is 3.90. The quantitative estimate of drug-likeness (QED) is 0.368. The molecule has 0 saturated heterocycles. The fourth-order valence-corrected chi connectivity index (χ4v) is 1.99. The summed E-state index contributed by atoms with van der Waals surface area (Å²) in [5, 5.41) is 0. The van der Waals surface area contributed by atoms with Gasteiger partial charge in [0, 0.05) is 24.2 Å². The van der Waals surface area contributed by atoms with Crippen molar-refractivity contribution in [1.29, 1.82) is 0 Å². The number of hydrazine groups is 1. The van der Waals surface area contributed by atoms with E-state index >= 15 is 0 Å². The first-order chi connectivity index (χ1) is 7.61. The van der Waals surface area contributed by atoms with Crippen molar-refractivity contribution in [3.63, 3.8) is 0 Å². The lowest BCUT2D eigenvalue weighted by Gasteiger charge is -2.28. The lowest BCUT2D eigenvalue weighted by molar-refractivity contribution is 0.192. The molecule has 3 N–H and O–H groups in total. The summed E-state index contributed by atoms with van der Waals surface area (Å²) in [6.07, 6.45) is 0.757. The Morgan fingerprint density at radius 3 is 2.88 bits per heavy atom. The molecule has 1 aromatic heterocycles. The maximum absolute atomic E-state index is 11.4. The van der Waals surface area contributed by atoms with Gasteiger partial charge in [-0.3, -0.25) is 5.43 Å². The molecule has 2 rings (SSSR count). The summed E-state index contributed by atoms with van der Waals surface area (Å²) in [4.78, 5) is 21.8. The highest BCUT2D eigenvalue weighted by atomic mass is 16.2. The van der Waals surface area contributed by atoms with E-state index < -0.39 is 0 Å². The maximum atomic E-state index is 11.4. The molecule has 6 heteroatoms. The van der Waals surface area contributed by atoms with Gasteiger partial charge in [0.15, 0.2) is 0 Å². The Kier molecular flexibility index (Phi) is 2.74. The highest BCUT2D eigenvalue weighted by Crippen LogP contribution is 2.19. The molecule has 0 aromatic carbocycles. The Labute approximate surface area is 93.8 Å². The number of nitrogens with one attached hydrogen (secondary N) is 1. The SMILES string of the molecule is Cc1nc(C)c2c(n1)CCN(C(=O)NN)C2. The zero-order valence-corrected chi connectivity index (χ0v) is 9.45. The Balaban J connectivity index is 2.30. The van der Waals surface area contributed by atoms with Gasteiger partial charge in [0.05, 0.1) is 12.2 Å². The van der Waals surface area contributed by atoms with Gasteiger partial charge < -0.3 is 4.90 Å². The van der Waals surface area contributed by atoms with Crippen LogP contribution in [0.3, 0.4) is 0 Å². The van der Waals surface area contributed by atoms with E-state index in [2.05, 4.69) is 15.4 Å². The van der Waals surface area contributed by atoms with E-state index in [0.717, 1.165) is 29.2 Å². The zero-order chi connectivity index (χ0) is 11.7. The van der Waals surface area contributed by atoms with Crippen molar-refractivity contribution in [2.45, 2.75) is 26.8 Å². The fourth-order valence-electron chi connectivity index (χ4n) is 1.99. The van der Waals surface area contributed by atoms with Crippen LogP contribution in [-0.4, -0.2) is 27.4 Å². The van der Waals surface area contributed by atoms with Crippen molar-refractivity contribution in [3.8, 4) is 0 Å². The second-order valence-electron chi connectivity index (χ2n) is 3.90. The highest BCUT2D eigenvalue weighted by molar-refractivity contribution is 5.73. The number of carbonyl (C=O) groups excluding carboxylic acids is 1. The van der Waals surface area contributed by atoms with Gasteiger partial charge in [0.2, 0.25) is 0 Å². The van der Waals surface area contributed by atoms with Gasteiger partial charge in [-0.2, -0.15) is 0 Å². The standard InChI is InChI=1S/C10H15N5O/c1-6-8-5-15(10(16)14-11)4-3-9(8)13-7(2)12-6/h3-5,11H2,1-2H3,(H,14,16). The minimum atomic E-state index is -0.259. The third-order valence-corrected chi connectivity index (χ3v) is 2.79. The largest absolute Gasteiger partial charge is 0.331 e. The topological polar surface area (TPSA) is 84.1 Å². The third-order valence-electron chi connectivity index (χ3n) is 2.79. The molecule has 0 atom stereocenters. The number of fused-ring (bicyclic) bond motifs is 1. The van der Waals surface area contributed by atoms with Crippen LogP contribution < -0.4 is 11.3 Å². The Hall–Kier alpha value is -1.69. The molecule has 1 aromatic rings. The van der Waals surface area contributed by atoms with Gasteiger partial charge in [-0.1, -0.05) is 0 Å². The molecule has 0 radical (unpaired) electrons. The summed E-state index contributed by atoms with van der Waals surface area (Å²) in [7, 11) is 0. The van der Waals surface area contributed by atoms with Crippen molar-refractivity contribution >= 4 is 6.03 Å². The number of nitrogens with two attached hydrogens (primary N) is 1. The van der Waals surface area contributed by atoms with Crippen LogP contribution in [0.5, 0.6) is 0 Å². The molecular weight excluding hydrogens is 206 g/mol. The molecule has 0 unspecified atom stereocenters. The summed E-state index contributed by atoms with van der Waals surface area (Å²) in [6.45, 7) is 5.00. The average molecular weight is 221 g/mol. The normalized spacial score (nSPS) is 14.6. The molecule has 0 bridgehead atoms. The summed E-state index contributed by atoms with van der Waals surface area (Å²) >= 11 is 0. The number of hydrogen-bond donors (Lipinski definition) is 2. The van der Waals surface area contributed by atoms with Crippen LogP contribution in [0.15, 0.2) is 0 Å². The van der Waals surface area contributed by atoms with Gasteiger partial charge in [-0.25, -0.2) is 20.6 Å². The average Bonchev–Trinajstić information content (AvgIpc) is 2.27. The first-order valence-electron chi connectivity index (χ1n) is 5.20. The van der Waals surface area contributed by atoms with Crippen molar-refractivity contribution < 1.29 is 4.79 Å². The predicted molar refractivity (Wildman–Crippen MR) is 58.3 cm³/mol. The van der Waals surface area contributed by atoms with Gasteiger partial charge in [-0.05, 0) is 13.8 Å². The molecule has 0 saturated carbocycles. The van der Waals surface area contributed by atoms with Crippen LogP contribution in [0.4, 0.5) is 4.79 Å². The molecule has 2 heterocycles. The van der Waals surface area contributed by atoms with E-state index in [1.54, 1.807) is 4.90 Å². The number of aryl methyl sites for hydroxylation is 2. The Morgan fingerprint density at radius 1 is 1.44 bits per heavy atom. The molecule has 1 aliphatic rings. The summed E-state index contributed by atoms with van der Waals surface area (Å²) in [6, 6.07) is -0.259. The number of aromatic nitrogens is 2. The molecule has 0 aliphatic carbocycles. The van der Waals surface area contributed by atoms with Crippen molar-refractivity contribution in [3.05, 3.63) is 22.8 Å². The Morgan fingerprint density at radius 2 is 2.19 bits per heavy atom. The number of rotatable bonds is 0. The molecule has 0 spiro atoms. The number of carbonyl (C=O) groups is 1. The Bertz CT molecular complexity index is 431. The number of hydrogen-bond acceptors (Lipinski definition) is 4. The minimum absolute atomic E-state index is 0.259. The van der Waals surface area contributed by atoms with Crippen LogP contribution in [0.1, 0.15) is 22.8 Å². The molecule has 1 aliphatic heterocycles. The maximum Gasteiger partial charge on any atom is 0.331 e. The molecule has 86 valence electrons. The van der Waals surface area contributed by atoms with E-state index in [-0.39, 0.29) is 6.03 Å². The molecule has 0 fully saturated rings. The van der Waals surface area contributed by atoms with E-state index in [1.165, 1.54) is 0 Å². The zero-order valence-electron chi connectivity index (χ0n) is 9.45. The monoisotopic (exact) mass is 221 g/mol. The second kappa shape index (κ2) is 4.05.